The van der Waals surface area contributed by atoms with Gasteiger partial charge in [-0.2, -0.15) is 0 Å². The first-order valence-corrected chi connectivity index (χ1v) is 6.10. The minimum atomic E-state index is -0.728. The van der Waals surface area contributed by atoms with Crippen molar-refractivity contribution in [2.24, 2.45) is 5.92 Å². The van der Waals surface area contributed by atoms with Gasteiger partial charge in [0.1, 0.15) is 0 Å². The number of carboxylic acid groups (broad SMARTS) is 1. The van der Waals surface area contributed by atoms with Crippen LogP contribution in [0.5, 0.6) is 0 Å². The molecule has 96 valence electrons. The van der Waals surface area contributed by atoms with Crippen LogP contribution in [-0.2, 0) is 4.79 Å². The highest BCUT2D eigenvalue weighted by Crippen LogP contribution is 2.24. The topological polar surface area (TPSA) is 79.3 Å². The highest BCUT2D eigenvalue weighted by Gasteiger charge is 2.26. The Morgan fingerprint density at radius 1 is 1.17 bits per heavy atom. The zero-order valence-electron chi connectivity index (χ0n) is 10.0. The van der Waals surface area contributed by atoms with Crippen molar-refractivity contribution in [3.8, 4) is 0 Å². The van der Waals surface area contributed by atoms with E-state index in [-0.39, 0.29) is 17.9 Å². The Morgan fingerprint density at radius 2 is 1.78 bits per heavy atom. The number of hydrogen-bond acceptors (Lipinski definition) is 3. The molecule has 1 aliphatic carbocycles. The summed E-state index contributed by atoms with van der Waals surface area (Å²) in [4.78, 5) is 26.5. The van der Waals surface area contributed by atoms with E-state index in [9.17, 15) is 9.59 Å². The van der Waals surface area contributed by atoms with Gasteiger partial charge in [-0.3, -0.25) is 14.6 Å². The maximum Gasteiger partial charge on any atom is 0.306 e. The SMILES string of the molecule is O=C(NC1CCC(C(=O)O)CC1)c1ccncc1. The number of hydrogen-bond donors (Lipinski definition) is 2. The smallest absolute Gasteiger partial charge is 0.306 e. The Bertz CT molecular complexity index is 425. The van der Waals surface area contributed by atoms with Gasteiger partial charge in [0.05, 0.1) is 5.92 Å². The summed E-state index contributed by atoms with van der Waals surface area (Å²) in [5.41, 5.74) is 0.588. The molecule has 0 atom stereocenters. The molecule has 1 aromatic heterocycles. The summed E-state index contributed by atoms with van der Waals surface area (Å²) in [5, 5.41) is 11.8. The van der Waals surface area contributed by atoms with Crippen molar-refractivity contribution in [2.45, 2.75) is 31.7 Å². The standard InChI is InChI=1S/C13H16N2O3/c16-12(9-5-7-14-8-6-9)15-11-3-1-10(2-4-11)13(17)18/h5-8,10-11H,1-4H2,(H,15,16)(H,17,18). The molecule has 0 spiro atoms. The first-order chi connectivity index (χ1) is 8.66. The molecule has 0 aromatic carbocycles. The first-order valence-electron chi connectivity index (χ1n) is 6.10. The molecule has 0 bridgehead atoms. The monoisotopic (exact) mass is 248 g/mol. The number of amides is 1. The highest BCUT2D eigenvalue weighted by atomic mass is 16.4. The van der Waals surface area contributed by atoms with Crippen LogP contribution in [-0.4, -0.2) is 28.0 Å². The second-order valence-electron chi connectivity index (χ2n) is 4.60. The molecule has 2 N–H and O–H groups in total. The highest BCUT2D eigenvalue weighted by molar-refractivity contribution is 5.94. The summed E-state index contributed by atoms with van der Waals surface area (Å²) in [6.45, 7) is 0. The van der Waals surface area contributed by atoms with E-state index in [0.717, 1.165) is 12.8 Å². The van der Waals surface area contributed by atoms with Crippen molar-refractivity contribution in [3.05, 3.63) is 30.1 Å². The fourth-order valence-corrected chi connectivity index (χ4v) is 2.26. The summed E-state index contributed by atoms with van der Waals surface area (Å²) >= 11 is 0. The van der Waals surface area contributed by atoms with Crippen LogP contribution < -0.4 is 5.32 Å². The Morgan fingerprint density at radius 3 is 2.33 bits per heavy atom. The molecule has 5 heteroatoms. The van der Waals surface area contributed by atoms with E-state index in [1.165, 1.54) is 0 Å². The number of carbonyl (C=O) groups is 2. The minimum Gasteiger partial charge on any atom is -0.481 e. The number of carboxylic acids is 1. The molecule has 2 rings (SSSR count). The van der Waals surface area contributed by atoms with E-state index >= 15 is 0 Å². The van der Waals surface area contributed by atoms with Crippen LogP contribution in [0.2, 0.25) is 0 Å². The lowest BCUT2D eigenvalue weighted by molar-refractivity contribution is -0.142. The van der Waals surface area contributed by atoms with Gasteiger partial charge in [0.2, 0.25) is 0 Å². The molecule has 0 aliphatic heterocycles. The second kappa shape index (κ2) is 5.62. The van der Waals surface area contributed by atoms with Gasteiger partial charge in [0.25, 0.3) is 5.91 Å². The molecular formula is C13H16N2O3. The molecular weight excluding hydrogens is 232 g/mol. The maximum absolute atomic E-state index is 11.9. The van der Waals surface area contributed by atoms with Gasteiger partial charge in [0.15, 0.2) is 0 Å². The number of rotatable bonds is 3. The van der Waals surface area contributed by atoms with E-state index in [4.69, 9.17) is 5.11 Å². The normalized spacial score (nSPS) is 23.3. The molecule has 1 heterocycles. The van der Waals surface area contributed by atoms with Gasteiger partial charge in [-0.1, -0.05) is 0 Å². The lowest BCUT2D eigenvalue weighted by Crippen LogP contribution is -2.38. The van der Waals surface area contributed by atoms with Crippen LogP contribution in [0.25, 0.3) is 0 Å². The van der Waals surface area contributed by atoms with E-state index < -0.39 is 5.97 Å². The zero-order valence-corrected chi connectivity index (χ0v) is 10.0. The molecule has 18 heavy (non-hydrogen) atoms. The summed E-state index contributed by atoms with van der Waals surface area (Å²) in [7, 11) is 0. The largest absolute Gasteiger partial charge is 0.481 e. The molecule has 1 fully saturated rings. The van der Waals surface area contributed by atoms with Crippen LogP contribution >= 0.6 is 0 Å². The van der Waals surface area contributed by atoms with Gasteiger partial charge in [-0.15, -0.1) is 0 Å². The van der Waals surface area contributed by atoms with Gasteiger partial charge < -0.3 is 10.4 Å². The average Bonchev–Trinajstić information content (AvgIpc) is 2.40. The van der Waals surface area contributed by atoms with E-state index in [1.54, 1.807) is 24.5 Å². The Kier molecular flexibility index (Phi) is 3.92. The quantitative estimate of drug-likeness (QED) is 0.848. The summed E-state index contributed by atoms with van der Waals surface area (Å²) in [5.74, 6) is -1.09. The van der Waals surface area contributed by atoms with Crippen molar-refractivity contribution in [3.63, 3.8) is 0 Å². The molecule has 1 aliphatic rings. The lowest BCUT2D eigenvalue weighted by Gasteiger charge is -2.26. The molecule has 1 amide bonds. The van der Waals surface area contributed by atoms with Crippen LogP contribution in [0.15, 0.2) is 24.5 Å². The summed E-state index contributed by atoms with van der Waals surface area (Å²) < 4.78 is 0. The van der Waals surface area contributed by atoms with Gasteiger partial charge in [-0.05, 0) is 37.8 Å². The third-order valence-electron chi connectivity index (χ3n) is 3.35. The molecule has 0 unspecified atom stereocenters. The predicted octanol–water partition coefficient (Wildman–Crippen LogP) is 1.45. The van der Waals surface area contributed by atoms with E-state index in [2.05, 4.69) is 10.3 Å². The first kappa shape index (κ1) is 12.5. The molecule has 0 saturated heterocycles. The molecule has 0 radical (unpaired) electrons. The number of carbonyl (C=O) groups excluding carboxylic acids is 1. The zero-order chi connectivity index (χ0) is 13.0. The Balaban J connectivity index is 1.85. The minimum absolute atomic E-state index is 0.0845. The van der Waals surface area contributed by atoms with Crippen molar-refractivity contribution in [1.29, 1.82) is 0 Å². The number of aliphatic carboxylic acids is 1. The fraction of sp³-hybridized carbons (Fsp3) is 0.462. The van der Waals surface area contributed by atoms with Gasteiger partial charge in [-0.25, -0.2) is 0 Å². The third kappa shape index (κ3) is 3.06. The van der Waals surface area contributed by atoms with Gasteiger partial charge in [0, 0.05) is 24.0 Å². The van der Waals surface area contributed by atoms with Crippen LogP contribution in [0.3, 0.4) is 0 Å². The third-order valence-corrected chi connectivity index (χ3v) is 3.35. The lowest BCUT2D eigenvalue weighted by atomic mass is 9.86. The number of nitrogens with zero attached hydrogens (tertiary/aromatic N) is 1. The van der Waals surface area contributed by atoms with Gasteiger partial charge >= 0.3 is 5.97 Å². The van der Waals surface area contributed by atoms with E-state index in [1.807, 2.05) is 0 Å². The summed E-state index contributed by atoms with van der Waals surface area (Å²) in [6.07, 6.45) is 5.89. The van der Waals surface area contributed by atoms with Crippen LogP contribution in [0, 0.1) is 5.92 Å². The summed E-state index contributed by atoms with van der Waals surface area (Å²) in [6, 6.07) is 3.41. The maximum atomic E-state index is 11.9. The fourth-order valence-electron chi connectivity index (χ4n) is 2.26. The molecule has 5 nitrogen and oxygen atoms in total. The van der Waals surface area contributed by atoms with E-state index in [0.29, 0.717) is 18.4 Å². The Labute approximate surface area is 105 Å². The number of aromatic nitrogens is 1. The van der Waals surface area contributed by atoms with Crippen molar-refractivity contribution < 1.29 is 14.7 Å². The van der Waals surface area contributed by atoms with Crippen LogP contribution in [0.4, 0.5) is 0 Å². The second-order valence-corrected chi connectivity index (χ2v) is 4.60. The number of nitrogens with one attached hydrogen (secondary N) is 1. The Hall–Kier alpha value is -1.91. The van der Waals surface area contributed by atoms with Crippen LogP contribution in [0.1, 0.15) is 36.0 Å². The van der Waals surface area contributed by atoms with Crippen molar-refractivity contribution in [1.82, 2.24) is 10.3 Å². The predicted molar refractivity (Wildman–Crippen MR) is 65.1 cm³/mol. The van der Waals surface area contributed by atoms with Crippen molar-refractivity contribution >= 4 is 11.9 Å². The molecule has 1 saturated carbocycles. The van der Waals surface area contributed by atoms with Crippen molar-refractivity contribution in [2.75, 3.05) is 0 Å². The average molecular weight is 248 g/mol. The number of pyridine rings is 1. The molecule has 1 aromatic rings.